The van der Waals surface area contributed by atoms with E-state index in [2.05, 4.69) is 48.5 Å². The topological polar surface area (TPSA) is 408 Å². The Balaban J connectivity index is 2.67. The van der Waals surface area contributed by atoms with E-state index in [-0.39, 0.29) is 62.7 Å². The molecule has 1 heterocycles. The van der Waals surface area contributed by atoms with Gasteiger partial charge >= 0.3 is 11.9 Å². The molecule has 0 aliphatic carbocycles. The lowest BCUT2D eigenvalue weighted by Crippen LogP contribution is -2.55. The second-order valence-corrected chi connectivity index (χ2v) is 17.2. The van der Waals surface area contributed by atoms with Gasteiger partial charge in [0.15, 0.2) is 11.9 Å². The number of carboxylic acids is 2. The maximum atomic E-state index is 14.3. The van der Waals surface area contributed by atoms with Gasteiger partial charge in [-0.05, 0) is 51.0 Å². The van der Waals surface area contributed by atoms with Crippen molar-refractivity contribution in [3.63, 3.8) is 0 Å². The highest BCUT2D eigenvalue weighted by Gasteiger charge is 2.33. The second kappa shape index (κ2) is 30.7. The van der Waals surface area contributed by atoms with Crippen LogP contribution in [0.2, 0.25) is 0 Å². The summed E-state index contributed by atoms with van der Waals surface area (Å²) in [5, 5.41) is 34.8. The minimum absolute atomic E-state index is 0.00266. The van der Waals surface area contributed by atoms with Crippen LogP contribution in [-0.4, -0.2) is 150 Å². The fraction of sp³-hybridized carbons (Fsp3) is 0.511. The monoisotopic (exact) mass is 1010 g/mol. The van der Waals surface area contributed by atoms with E-state index < -0.39 is 121 Å². The van der Waals surface area contributed by atoms with Gasteiger partial charge in [0.25, 0.3) is 5.91 Å². The van der Waals surface area contributed by atoms with Crippen molar-refractivity contribution in [2.24, 2.45) is 44.8 Å². The van der Waals surface area contributed by atoms with Crippen LogP contribution in [0.15, 0.2) is 76.4 Å². The van der Waals surface area contributed by atoms with Gasteiger partial charge in [0, 0.05) is 39.6 Å². The number of nitrogens with zero attached hydrogens (tertiary/aromatic N) is 3. The Morgan fingerprint density at radius 2 is 1.38 bits per heavy atom. The normalized spacial score (nSPS) is 22.8. The number of allylic oxidation sites excluding steroid dienone is 2. The molecule has 396 valence electrons. The molecule has 3 unspecified atom stereocenters. The Morgan fingerprint density at radius 1 is 0.833 bits per heavy atom. The van der Waals surface area contributed by atoms with Crippen LogP contribution in [0.3, 0.4) is 0 Å². The number of methoxy groups -OCH3 is 1. The summed E-state index contributed by atoms with van der Waals surface area (Å²) in [4.78, 5) is 128. The summed E-state index contributed by atoms with van der Waals surface area (Å²) in [5.41, 5.74) is 23.1. The van der Waals surface area contributed by atoms with E-state index in [4.69, 9.17) is 27.7 Å². The van der Waals surface area contributed by atoms with E-state index >= 15 is 0 Å². The van der Waals surface area contributed by atoms with Gasteiger partial charge in [-0.25, -0.2) is 9.59 Å². The number of guanidine groups is 2. The number of benzene rings is 1. The third-order valence-electron chi connectivity index (χ3n) is 11.4. The number of amides is 7. The molecule has 0 spiro atoms. The molecule has 16 N–H and O–H groups in total. The molecule has 1 aromatic rings. The van der Waals surface area contributed by atoms with E-state index in [0.717, 1.165) is 10.5 Å². The minimum Gasteiger partial charge on any atom is -0.480 e. The van der Waals surface area contributed by atoms with Crippen LogP contribution in [0.4, 0.5) is 0 Å². The number of hydrogen-bond acceptors (Lipinski definition) is 12. The maximum absolute atomic E-state index is 14.3. The summed E-state index contributed by atoms with van der Waals surface area (Å²) >= 11 is 0. The zero-order valence-electron chi connectivity index (χ0n) is 41.4. The van der Waals surface area contributed by atoms with Crippen LogP contribution in [0.1, 0.15) is 71.3 Å². The van der Waals surface area contributed by atoms with Gasteiger partial charge in [-0.3, -0.25) is 43.5 Å². The predicted molar refractivity (Wildman–Crippen MR) is 266 cm³/mol. The molecule has 25 nitrogen and oxygen atoms in total. The fourth-order valence-corrected chi connectivity index (χ4v) is 7.19. The Bertz CT molecular complexity index is 2210. The molecule has 1 saturated heterocycles. The molecule has 0 saturated carbocycles. The number of aliphatic carboxylic acids is 2. The fourth-order valence-electron chi connectivity index (χ4n) is 7.19. The lowest BCUT2D eigenvalue weighted by Gasteiger charge is -2.27. The van der Waals surface area contributed by atoms with Gasteiger partial charge in [0.05, 0.1) is 31.0 Å². The molecule has 0 bridgehead atoms. The van der Waals surface area contributed by atoms with Crippen molar-refractivity contribution in [2.75, 3.05) is 33.8 Å². The number of hydrogen-bond donors (Lipinski definition) is 12. The summed E-state index contributed by atoms with van der Waals surface area (Å²) in [6, 6.07) is 2.12. The molecule has 72 heavy (non-hydrogen) atoms. The minimum atomic E-state index is -1.91. The molecule has 1 aliphatic rings. The second-order valence-electron chi connectivity index (χ2n) is 17.2. The highest BCUT2D eigenvalue weighted by molar-refractivity contribution is 5.99. The van der Waals surface area contributed by atoms with Crippen molar-refractivity contribution >= 4 is 65.2 Å². The molecular weight excluding hydrogens is 939 g/mol. The van der Waals surface area contributed by atoms with Crippen LogP contribution in [0, 0.1) is 11.8 Å². The number of carboxylic acid groups (broad SMARTS) is 2. The Morgan fingerprint density at radius 3 is 1.92 bits per heavy atom. The third kappa shape index (κ3) is 21.9. The van der Waals surface area contributed by atoms with Gasteiger partial charge in [-0.1, -0.05) is 74.6 Å². The Kier molecular flexibility index (Phi) is 25.7. The molecule has 1 aromatic carbocycles. The number of rotatable bonds is 17. The largest absolute Gasteiger partial charge is 0.480 e. The van der Waals surface area contributed by atoms with E-state index in [9.17, 15) is 53.4 Å². The zero-order valence-corrected chi connectivity index (χ0v) is 41.4. The van der Waals surface area contributed by atoms with Crippen LogP contribution in [-0.2, 0) is 54.3 Å². The van der Waals surface area contributed by atoms with Crippen LogP contribution in [0.25, 0.3) is 0 Å². The molecular formula is C47H71N13O12. The lowest BCUT2D eigenvalue weighted by molar-refractivity contribution is -0.144. The van der Waals surface area contributed by atoms with Crippen LogP contribution in [0.5, 0.6) is 0 Å². The number of carbonyl (C=O) groups is 9. The Labute approximate surface area is 418 Å². The number of carbonyl (C=O) groups excluding carboxylic acids is 7. The van der Waals surface area contributed by atoms with Crippen molar-refractivity contribution in [1.82, 2.24) is 36.8 Å². The number of aliphatic imine (C=N–C) groups is 2. The van der Waals surface area contributed by atoms with Crippen LogP contribution >= 0.6 is 0 Å². The zero-order chi connectivity index (χ0) is 54.1. The quantitative estimate of drug-likeness (QED) is 0.0264. The number of nitrogens with two attached hydrogens (primary N) is 4. The SMILES string of the molecule is C=C1C(=O)NCC(=O)N[C@@H](CCCN=C(N)N)C(=O)NC(C(=O)O)CC(=O)NC(CCCN=C(N)N)C(=O)NC(/C=C/C(C)=C/[C@H](C)[C@H](Cc2ccccc2)OC)[C@H](C)C(=O)N[C@@H](C(=O)O)CCC(=O)N1C. The molecule has 2 rings (SSSR count). The third-order valence-corrected chi connectivity index (χ3v) is 11.4. The summed E-state index contributed by atoms with van der Waals surface area (Å²) in [5.74, 6) is -11.5. The average Bonchev–Trinajstić information content (AvgIpc) is 3.32. The van der Waals surface area contributed by atoms with Crippen molar-refractivity contribution in [2.45, 2.75) is 108 Å². The summed E-state index contributed by atoms with van der Waals surface area (Å²) in [7, 11) is 2.79. The van der Waals surface area contributed by atoms with E-state index in [1.54, 1.807) is 20.1 Å². The smallest absolute Gasteiger partial charge is 0.326 e. The Hall–Kier alpha value is -7.83. The standard InChI is InChI=1S/C47H71N13O12/c1-26(22-27(2)36(72-6)23-30-12-8-7-9-13-30)16-17-31-28(3)40(64)58-34(44(68)69)18-19-39(63)60(5)29(4)41(65)54-25-38(62)56-33(15-11-21-53-47(50)51)43(67)59-35(45(70)71)24-37(61)55-32(42(66)57-31)14-10-20-52-46(48)49/h7-9,12-13,16-17,22,27-28,31-36H,4,10-11,14-15,18-21,23-25H2,1-3,5-6H3,(H,54,65)(H,55,61)(H,56,62)(H,57,66)(H,58,64)(H,59,67)(H,68,69)(H,70,71)(H4,48,49,52)(H4,50,51,53)/b17-16+,26-22+/t27-,28-,31?,32?,33-,34+,35?,36-/m0/s1. The summed E-state index contributed by atoms with van der Waals surface area (Å²) in [6.45, 7) is 8.02. The first-order valence-electron chi connectivity index (χ1n) is 23.2. The van der Waals surface area contributed by atoms with Crippen molar-refractivity contribution < 1.29 is 58.1 Å². The van der Waals surface area contributed by atoms with E-state index in [0.29, 0.717) is 12.0 Å². The lowest BCUT2D eigenvalue weighted by atomic mass is 9.94. The van der Waals surface area contributed by atoms with Crippen molar-refractivity contribution in [1.29, 1.82) is 0 Å². The highest BCUT2D eigenvalue weighted by Crippen LogP contribution is 2.18. The molecule has 25 heteroatoms. The predicted octanol–water partition coefficient (Wildman–Crippen LogP) is -2.01. The molecule has 1 aliphatic heterocycles. The first-order valence-corrected chi connectivity index (χ1v) is 23.2. The van der Waals surface area contributed by atoms with Gasteiger partial charge in [0.2, 0.25) is 35.4 Å². The summed E-state index contributed by atoms with van der Waals surface area (Å²) in [6.07, 6.45) is 3.54. The van der Waals surface area contributed by atoms with E-state index in [1.165, 1.54) is 20.0 Å². The average molecular weight is 1010 g/mol. The highest BCUT2D eigenvalue weighted by atomic mass is 16.5. The first-order chi connectivity index (χ1) is 33.9. The van der Waals surface area contributed by atoms with Crippen LogP contribution < -0.4 is 54.8 Å². The number of likely N-dealkylation sites (N-methyl/N-ethyl adjacent to an activating group) is 1. The number of nitrogens with one attached hydrogen (secondary N) is 6. The molecule has 1 fully saturated rings. The molecule has 0 aromatic heterocycles. The molecule has 7 amide bonds. The van der Waals surface area contributed by atoms with E-state index in [1.807, 2.05) is 43.3 Å². The van der Waals surface area contributed by atoms with Gasteiger partial charge in [0.1, 0.15) is 29.9 Å². The molecule has 0 radical (unpaired) electrons. The summed E-state index contributed by atoms with van der Waals surface area (Å²) < 4.78 is 5.80. The molecule has 8 atom stereocenters. The van der Waals surface area contributed by atoms with Crippen molar-refractivity contribution in [3.05, 3.63) is 72.0 Å². The van der Waals surface area contributed by atoms with Gasteiger partial charge < -0.3 is 74.7 Å². The van der Waals surface area contributed by atoms with Crippen molar-refractivity contribution in [3.8, 4) is 0 Å². The van der Waals surface area contributed by atoms with Gasteiger partial charge in [-0.2, -0.15) is 0 Å². The number of ether oxygens (including phenoxy) is 1. The maximum Gasteiger partial charge on any atom is 0.326 e. The first kappa shape index (κ1) is 60.3. The van der Waals surface area contributed by atoms with Gasteiger partial charge in [-0.15, -0.1) is 0 Å².